The fraction of sp³-hybridized carbons (Fsp3) is 0.417. The second kappa shape index (κ2) is 7.83. The van der Waals surface area contributed by atoms with Crippen LogP contribution >= 0.6 is 11.6 Å². The van der Waals surface area contributed by atoms with E-state index >= 15 is 0 Å². The van der Waals surface area contributed by atoms with Crippen molar-refractivity contribution < 1.29 is 18.7 Å². The van der Waals surface area contributed by atoms with E-state index in [0.29, 0.717) is 48.7 Å². The second-order valence-electron chi connectivity index (χ2n) is 8.77. The predicted octanol–water partition coefficient (Wildman–Crippen LogP) is 3.84. The Balaban J connectivity index is 1.44. The van der Waals surface area contributed by atoms with Gasteiger partial charge >= 0.3 is 0 Å². The van der Waals surface area contributed by atoms with Gasteiger partial charge in [0, 0.05) is 36.9 Å². The number of hydrogen-bond donors (Lipinski definition) is 1. The van der Waals surface area contributed by atoms with Crippen LogP contribution in [0.4, 0.5) is 4.39 Å². The molecule has 1 N–H and O–H groups in total. The standard InChI is InChI=1S/C24H24ClFN2O3/c25-16-8-9-20-15(11-16)12-21(31-20)23(30)28-13-18(17-5-1-2-6-19(17)26)24(14-28)10-4-3-7-22(29)27-24/h1-2,5-6,8-9,11,18,21H,3-4,7,10,12-14H2,(H,27,29)/t18-,21-,24+/m0/s1. The molecule has 0 saturated carbocycles. The van der Waals surface area contributed by atoms with Gasteiger partial charge in [0.15, 0.2) is 6.10 Å². The Kier molecular flexibility index (Phi) is 5.13. The Morgan fingerprint density at radius 2 is 2.06 bits per heavy atom. The van der Waals surface area contributed by atoms with Crippen LogP contribution in [0.15, 0.2) is 42.5 Å². The molecule has 0 radical (unpaired) electrons. The second-order valence-corrected chi connectivity index (χ2v) is 9.20. The van der Waals surface area contributed by atoms with Gasteiger partial charge in [0.2, 0.25) is 5.91 Å². The molecule has 0 bridgehead atoms. The molecule has 3 aliphatic rings. The summed E-state index contributed by atoms with van der Waals surface area (Å²) < 4.78 is 20.7. The van der Waals surface area contributed by atoms with Crippen molar-refractivity contribution in [3.05, 3.63) is 64.4 Å². The van der Waals surface area contributed by atoms with E-state index in [2.05, 4.69) is 5.32 Å². The first-order chi connectivity index (χ1) is 14.9. The fourth-order valence-corrected chi connectivity index (χ4v) is 5.49. The maximum Gasteiger partial charge on any atom is 0.264 e. The average Bonchev–Trinajstić information content (AvgIpc) is 3.26. The lowest BCUT2D eigenvalue weighted by atomic mass is 9.78. The molecule has 7 heteroatoms. The quantitative estimate of drug-likeness (QED) is 0.768. The van der Waals surface area contributed by atoms with Gasteiger partial charge in [-0.3, -0.25) is 9.59 Å². The summed E-state index contributed by atoms with van der Waals surface area (Å²) >= 11 is 6.08. The third kappa shape index (κ3) is 3.67. The smallest absolute Gasteiger partial charge is 0.264 e. The maximum atomic E-state index is 14.8. The van der Waals surface area contributed by atoms with Crippen LogP contribution in [0, 0.1) is 5.82 Å². The molecule has 2 aromatic carbocycles. The lowest BCUT2D eigenvalue weighted by Gasteiger charge is -2.35. The van der Waals surface area contributed by atoms with Crippen molar-refractivity contribution >= 4 is 23.4 Å². The van der Waals surface area contributed by atoms with E-state index in [4.69, 9.17) is 16.3 Å². The lowest BCUT2D eigenvalue weighted by Crippen LogP contribution is -2.53. The van der Waals surface area contributed by atoms with Crippen molar-refractivity contribution in [3.63, 3.8) is 0 Å². The molecule has 2 fully saturated rings. The van der Waals surface area contributed by atoms with Crippen molar-refractivity contribution in [3.8, 4) is 5.75 Å². The molecule has 3 atom stereocenters. The molecule has 162 valence electrons. The summed E-state index contributed by atoms with van der Waals surface area (Å²) in [5.41, 5.74) is 0.788. The summed E-state index contributed by atoms with van der Waals surface area (Å²) in [6.07, 6.45) is 2.65. The van der Waals surface area contributed by atoms with Gasteiger partial charge in [0.05, 0.1) is 5.54 Å². The third-order valence-electron chi connectivity index (χ3n) is 6.77. The number of ether oxygens (including phenoxy) is 1. The number of rotatable bonds is 2. The number of carbonyl (C=O) groups is 2. The molecule has 0 unspecified atom stereocenters. The number of nitrogens with one attached hydrogen (secondary N) is 1. The van der Waals surface area contributed by atoms with E-state index in [-0.39, 0.29) is 23.5 Å². The van der Waals surface area contributed by atoms with Crippen LogP contribution in [0.25, 0.3) is 0 Å². The predicted molar refractivity (Wildman–Crippen MR) is 115 cm³/mol. The molecule has 2 aromatic rings. The molecule has 2 saturated heterocycles. The minimum Gasteiger partial charge on any atom is -0.480 e. The van der Waals surface area contributed by atoms with Crippen LogP contribution in [0.2, 0.25) is 5.02 Å². The number of amides is 2. The Morgan fingerprint density at radius 1 is 1.23 bits per heavy atom. The summed E-state index contributed by atoms with van der Waals surface area (Å²) in [7, 11) is 0. The number of halogens is 2. The van der Waals surface area contributed by atoms with E-state index in [1.165, 1.54) is 6.07 Å². The Hall–Kier alpha value is -2.60. The molecule has 0 aliphatic carbocycles. The van der Waals surface area contributed by atoms with Gasteiger partial charge in [-0.25, -0.2) is 4.39 Å². The van der Waals surface area contributed by atoms with Crippen LogP contribution in [0.5, 0.6) is 5.75 Å². The molecule has 31 heavy (non-hydrogen) atoms. The largest absolute Gasteiger partial charge is 0.480 e. The molecular formula is C24H24ClFN2O3. The van der Waals surface area contributed by atoms with Crippen LogP contribution in [0.1, 0.15) is 42.7 Å². The average molecular weight is 443 g/mol. The highest BCUT2D eigenvalue weighted by Crippen LogP contribution is 2.42. The Morgan fingerprint density at radius 3 is 2.90 bits per heavy atom. The van der Waals surface area contributed by atoms with E-state index < -0.39 is 11.6 Å². The van der Waals surface area contributed by atoms with Gasteiger partial charge in [0.25, 0.3) is 5.91 Å². The molecule has 3 heterocycles. The topological polar surface area (TPSA) is 58.6 Å². The first-order valence-corrected chi connectivity index (χ1v) is 11.1. The highest BCUT2D eigenvalue weighted by atomic mass is 35.5. The number of fused-ring (bicyclic) bond motifs is 1. The maximum absolute atomic E-state index is 14.8. The summed E-state index contributed by atoms with van der Waals surface area (Å²) in [6, 6.07) is 12.0. The highest BCUT2D eigenvalue weighted by Gasteiger charge is 2.51. The van der Waals surface area contributed by atoms with Crippen LogP contribution in [-0.2, 0) is 16.0 Å². The zero-order valence-corrected chi connectivity index (χ0v) is 17.8. The van der Waals surface area contributed by atoms with E-state index in [9.17, 15) is 14.0 Å². The van der Waals surface area contributed by atoms with E-state index in [1.54, 1.807) is 35.2 Å². The van der Waals surface area contributed by atoms with Crippen LogP contribution < -0.4 is 10.1 Å². The van der Waals surface area contributed by atoms with Gasteiger partial charge in [0.1, 0.15) is 11.6 Å². The summed E-state index contributed by atoms with van der Waals surface area (Å²) in [5, 5.41) is 3.78. The highest BCUT2D eigenvalue weighted by molar-refractivity contribution is 6.30. The molecule has 3 aliphatic heterocycles. The first kappa shape index (κ1) is 20.3. The summed E-state index contributed by atoms with van der Waals surface area (Å²) in [5.74, 6) is -0.113. The monoisotopic (exact) mass is 442 g/mol. The van der Waals surface area contributed by atoms with Crippen LogP contribution in [0.3, 0.4) is 0 Å². The third-order valence-corrected chi connectivity index (χ3v) is 7.01. The Labute approximate surface area is 185 Å². The summed E-state index contributed by atoms with van der Waals surface area (Å²) in [4.78, 5) is 27.6. The molecule has 5 nitrogen and oxygen atoms in total. The van der Waals surface area contributed by atoms with Crippen molar-refractivity contribution in [2.75, 3.05) is 13.1 Å². The summed E-state index contributed by atoms with van der Waals surface area (Å²) in [6.45, 7) is 0.699. The van der Waals surface area contributed by atoms with Gasteiger partial charge in [-0.1, -0.05) is 36.2 Å². The van der Waals surface area contributed by atoms with Crippen molar-refractivity contribution in [2.24, 2.45) is 0 Å². The molecule has 5 rings (SSSR count). The van der Waals surface area contributed by atoms with E-state index in [1.807, 2.05) is 6.07 Å². The van der Waals surface area contributed by atoms with Gasteiger partial charge < -0.3 is 15.0 Å². The SMILES string of the molecule is O=C1CCCC[C@]2(CN(C(=O)[C@@H]3Cc4cc(Cl)ccc4O3)C[C@H]2c2ccccc2F)N1. The molecular weight excluding hydrogens is 419 g/mol. The molecule has 1 spiro atoms. The zero-order chi connectivity index (χ0) is 21.6. The van der Waals surface area contributed by atoms with Crippen molar-refractivity contribution in [1.29, 1.82) is 0 Å². The lowest BCUT2D eigenvalue weighted by molar-refractivity contribution is -0.137. The number of benzene rings is 2. The zero-order valence-electron chi connectivity index (χ0n) is 17.1. The number of nitrogens with zero attached hydrogens (tertiary/aromatic N) is 1. The normalized spacial score (nSPS) is 27.5. The van der Waals surface area contributed by atoms with Crippen LogP contribution in [-0.4, -0.2) is 41.4 Å². The minimum atomic E-state index is -0.666. The fourth-order valence-electron chi connectivity index (χ4n) is 5.30. The molecule has 0 aromatic heterocycles. The van der Waals surface area contributed by atoms with Crippen molar-refractivity contribution in [2.45, 2.75) is 49.7 Å². The molecule has 2 amide bonds. The Bertz CT molecular complexity index is 1050. The number of carbonyl (C=O) groups excluding carboxylic acids is 2. The number of hydrogen-bond acceptors (Lipinski definition) is 3. The van der Waals surface area contributed by atoms with Gasteiger partial charge in [-0.2, -0.15) is 0 Å². The van der Waals surface area contributed by atoms with Gasteiger partial charge in [-0.15, -0.1) is 0 Å². The van der Waals surface area contributed by atoms with Gasteiger partial charge in [-0.05, 0) is 48.2 Å². The minimum absolute atomic E-state index is 0.0349. The number of likely N-dealkylation sites (tertiary alicyclic amines) is 1. The first-order valence-electron chi connectivity index (χ1n) is 10.7. The van der Waals surface area contributed by atoms with E-state index in [0.717, 1.165) is 18.4 Å². The van der Waals surface area contributed by atoms with Crippen molar-refractivity contribution in [1.82, 2.24) is 10.2 Å².